The van der Waals surface area contributed by atoms with Crippen molar-refractivity contribution in [2.24, 2.45) is 0 Å². The van der Waals surface area contributed by atoms with Gasteiger partial charge in [-0.15, -0.1) is 0 Å². The van der Waals surface area contributed by atoms with Crippen LogP contribution in [-0.4, -0.2) is 31.5 Å². The van der Waals surface area contributed by atoms with Crippen molar-refractivity contribution in [1.82, 2.24) is 5.32 Å². The van der Waals surface area contributed by atoms with Crippen molar-refractivity contribution in [1.29, 1.82) is 0 Å². The minimum absolute atomic E-state index is 0.114. The number of methoxy groups -OCH3 is 1. The summed E-state index contributed by atoms with van der Waals surface area (Å²) in [6.07, 6.45) is 0.283. The van der Waals surface area contributed by atoms with E-state index >= 15 is 0 Å². The van der Waals surface area contributed by atoms with E-state index in [-0.39, 0.29) is 18.2 Å². The molecule has 0 radical (unpaired) electrons. The number of hydrogen-bond acceptors (Lipinski definition) is 3. The van der Waals surface area contributed by atoms with Crippen LogP contribution >= 0.6 is 15.9 Å². The maximum absolute atomic E-state index is 12.3. The van der Waals surface area contributed by atoms with Crippen molar-refractivity contribution in [3.05, 3.63) is 22.7 Å². The number of halogens is 1. The quantitative estimate of drug-likeness (QED) is 0.899. The molecule has 0 spiro atoms. The summed E-state index contributed by atoms with van der Waals surface area (Å²) < 4.78 is 6.14. The number of benzene rings is 1. The third kappa shape index (κ3) is 2.89. The van der Waals surface area contributed by atoms with Crippen LogP contribution in [0.3, 0.4) is 0 Å². The van der Waals surface area contributed by atoms with Gasteiger partial charge in [0.1, 0.15) is 11.8 Å². The minimum Gasteiger partial charge on any atom is -0.495 e. The van der Waals surface area contributed by atoms with E-state index in [4.69, 9.17) is 4.74 Å². The van der Waals surface area contributed by atoms with E-state index in [2.05, 4.69) is 21.2 Å². The van der Waals surface area contributed by atoms with Crippen molar-refractivity contribution in [3.63, 3.8) is 0 Å². The number of nitrogens with one attached hydrogen (secondary N) is 1. The summed E-state index contributed by atoms with van der Waals surface area (Å²) in [6.45, 7) is 2.03. The molecule has 1 aliphatic heterocycles. The van der Waals surface area contributed by atoms with Gasteiger partial charge in [-0.2, -0.15) is 0 Å². The van der Waals surface area contributed by atoms with Crippen molar-refractivity contribution >= 4 is 33.4 Å². The van der Waals surface area contributed by atoms with Crippen LogP contribution in [-0.2, 0) is 9.59 Å². The molecule has 2 amide bonds. The monoisotopic (exact) mass is 326 g/mol. The number of hydrogen-bond donors (Lipinski definition) is 1. The van der Waals surface area contributed by atoms with Crippen LogP contribution in [0, 0.1) is 0 Å². The second-order valence-electron chi connectivity index (χ2n) is 4.35. The molecule has 1 aromatic rings. The van der Waals surface area contributed by atoms with Crippen LogP contribution < -0.4 is 15.0 Å². The van der Waals surface area contributed by atoms with Crippen LogP contribution in [0.4, 0.5) is 5.69 Å². The summed E-state index contributed by atoms with van der Waals surface area (Å²) in [5.41, 5.74) is 0.672. The fraction of sp³-hybridized carbons (Fsp3) is 0.385. The van der Waals surface area contributed by atoms with Crippen molar-refractivity contribution < 1.29 is 14.3 Å². The standard InChI is InChI=1S/C13H15BrN2O3/c1-8-13(18)16(6-5-12(17)15-8)10-7-9(14)3-4-11(10)19-2/h3-4,7-8H,5-6H2,1-2H3,(H,15,17). The number of carbonyl (C=O) groups excluding carboxylic acids is 2. The molecule has 1 fully saturated rings. The fourth-order valence-electron chi connectivity index (χ4n) is 2.05. The van der Waals surface area contributed by atoms with Gasteiger partial charge in [0, 0.05) is 17.4 Å². The molecule has 19 heavy (non-hydrogen) atoms. The van der Waals surface area contributed by atoms with Crippen LogP contribution in [0.25, 0.3) is 0 Å². The first-order chi connectivity index (χ1) is 9.02. The molecular weight excluding hydrogens is 312 g/mol. The molecular formula is C13H15BrN2O3. The molecule has 102 valence electrons. The van der Waals surface area contributed by atoms with Gasteiger partial charge >= 0.3 is 0 Å². The molecule has 0 aliphatic carbocycles. The number of anilines is 1. The maximum atomic E-state index is 12.3. The van der Waals surface area contributed by atoms with Gasteiger partial charge in [-0.3, -0.25) is 9.59 Å². The van der Waals surface area contributed by atoms with E-state index in [0.717, 1.165) is 4.47 Å². The highest BCUT2D eigenvalue weighted by Crippen LogP contribution is 2.32. The number of amides is 2. The van der Waals surface area contributed by atoms with Gasteiger partial charge in [-0.25, -0.2) is 0 Å². The molecule has 5 nitrogen and oxygen atoms in total. The van der Waals surface area contributed by atoms with Gasteiger partial charge in [0.2, 0.25) is 11.8 Å². The molecule has 6 heteroatoms. The highest BCUT2D eigenvalue weighted by atomic mass is 79.9. The summed E-state index contributed by atoms with van der Waals surface area (Å²) in [7, 11) is 1.56. The SMILES string of the molecule is COc1ccc(Br)cc1N1CCC(=O)NC(C)C1=O. The summed E-state index contributed by atoms with van der Waals surface area (Å²) in [5.74, 6) is 0.359. The molecule has 0 aromatic heterocycles. The summed E-state index contributed by atoms with van der Waals surface area (Å²) in [6, 6.07) is 4.92. The largest absolute Gasteiger partial charge is 0.495 e. The molecule has 2 rings (SSSR count). The third-order valence-corrected chi connectivity index (χ3v) is 3.50. The van der Waals surface area contributed by atoms with Crippen LogP contribution in [0.1, 0.15) is 13.3 Å². The summed E-state index contributed by atoms with van der Waals surface area (Å²) in [4.78, 5) is 25.4. The average molecular weight is 327 g/mol. The Balaban J connectivity index is 2.41. The zero-order chi connectivity index (χ0) is 14.0. The van der Waals surface area contributed by atoms with Crippen molar-refractivity contribution in [2.45, 2.75) is 19.4 Å². The lowest BCUT2D eigenvalue weighted by molar-refractivity contribution is -0.125. The Kier molecular flexibility index (Phi) is 4.09. The lowest BCUT2D eigenvalue weighted by Crippen LogP contribution is -2.42. The number of nitrogens with zero attached hydrogens (tertiary/aromatic N) is 1. The predicted molar refractivity (Wildman–Crippen MR) is 75.3 cm³/mol. The Bertz CT molecular complexity index is 519. The van der Waals surface area contributed by atoms with E-state index in [1.165, 1.54) is 0 Å². The molecule has 1 saturated heterocycles. The second-order valence-corrected chi connectivity index (χ2v) is 5.26. The van der Waals surface area contributed by atoms with Crippen molar-refractivity contribution in [3.8, 4) is 5.75 Å². The van der Waals surface area contributed by atoms with Crippen LogP contribution in [0.15, 0.2) is 22.7 Å². The van der Waals surface area contributed by atoms with Crippen molar-refractivity contribution in [2.75, 3.05) is 18.6 Å². The van der Waals surface area contributed by atoms with E-state index in [0.29, 0.717) is 18.0 Å². The third-order valence-electron chi connectivity index (χ3n) is 3.01. The van der Waals surface area contributed by atoms with Gasteiger partial charge in [0.15, 0.2) is 0 Å². The molecule has 1 unspecified atom stereocenters. The number of rotatable bonds is 2. The number of ether oxygens (including phenoxy) is 1. The van der Waals surface area contributed by atoms with E-state index < -0.39 is 6.04 Å². The second kappa shape index (κ2) is 5.61. The molecule has 1 heterocycles. The zero-order valence-electron chi connectivity index (χ0n) is 10.8. The topological polar surface area (TPSA) is 58.6 Å². The smallest absolute Gasteiger partial charge is 0.249 e. The lowest BCUT2D eigenvalue weighted by Gasteiger charge is -2.24. The molecule has 0 bridgehead atoms. The van der Waals surface area contributed by atoms with E-state index in [1.807, 2.05) is 12.1 Å². The highest BCUT2D eigenvalue weighted by molar-refractivity contribution is 9.10. The molecule has 1 N–H and O–H groups in total. The Labute approximate surface area is 120 Å². The molecule has 1 atom stereocenters. The highest BCUT2D eigenvalue weighted by Gasteiger charge is 2.29. The zero-order valence-corrected chi connectivity index (χ0v) is 12.4. The van der Waals surface area contributed by atoms with Crippen LogP contribution in [0.2, 0.25) is 0 Å². The van der Waals surface area contributed by atoms with E-state index in [9.17, 15) is 9.59 Å². The molecule has 1 aromatic carbocycles. The van der Waals surface area contributed by atoms with Gasteiger partial charge in [-0.1, -0.05) is 15.9 Å². The average Bonchev–Trinajstić information content (AvgIpc) is 2.50. The Hall–Kier alpha value is -1.56. The van der Waals surface area contributed by atoms with Gasteiger partial charge < -0.3 is 15.0 Å². The summed E-state index contributed by atoms with van der Waals surface area (Å²) >= 11 is 3.38. The first-order valence-corrected chi connectivity index (χ1v) is 6.76. The van der Waals surface area contributed by atoms with Gasteiger partial charge in [0.25, 0.3) is 0 Å². The Morgan fingerprint density at radius 3 is 2.84 bits per heavy atom. The minimum atomic E-state index is -0.529. The predicted octanol–water partition coefficient (Wildman–Crippen LogP) is 1.70. The molecule has 1 aliphatic rings. The van der Waals surface area contributed by atoms with Crippen LogP contribution in [0.5, 0.6) is 5.75 Å². The first-order valence-electron chi connectivity index (χ1n) is 5.97. The number of carbonyl (C=O) groups is 2. The lowest BCUT2D eigenvalue weighted by atomic mass is 10.2. The Morgan fingerprint density at radius 1 is 1.42 bits per heavy atom. The summed E-state index contributed by atoms with van der Waals surface area (Å²) in [5, 5.41) is 2.66. The first kappa shape index (κ1) is 13.9. The van der Waals surface area contributed by atoms with E-state index in [1.54, 1.807) is 25.0 Å². The fourth-order valence-corrected chi connectivity index (χ4v) is 2.39. The Morgan fingerprint density at radius 2 is 2.16 bits per heavy atom. The molecule has 0 saturated carbocycles. The van der Waals surface area contributed by atoms with Gasteiger partial charge in [0.05, 0.1) is 12.8 Å². The maximum Gasteiger partial charge on any atom is 0.249 e. The van der Waals surface area contributed by atoms with Gasteiger partial charge in [-0.05, 0) is 25.1 Å². The normalized spacial score (nSPS) is 19.9.